The average Bonchev–Trinajstić information content (AvgIpc) is 2.23. The number of nitrogens with one attached hydrogen (secondary N) is 1. The number of halogens is 1. The fourth-order valence-corrected chi connectivity index (χ4v) is 1.64. The highest BCUT2D eigenvalue weighted by molar-refractivity contribution is 6.31. The van der Waals surface area contributed by atoms with E-state index in [0.717, 1.165) is 22.8 Å². The van der Waals surface area contributed by atoms with Crippen molar-refractivity contribution in [2.75, 3.05) is 18.5 Å². The number of aliphatic hydroxyl groups excluding tert-OH is 1. The lowest BCUT2D eigenvalue weighted by atomic mass is 9.97. The normalized spacial score (nSPS) is 12.9. The zero-order chi connectivity index (χ0) is 12.1. The number of aliphatic hydroxyl groups is 1. The van der Waals surface area contributed by atoms with Gasteiger partial charge in [-0.25, -0.2) is 0 Å². The minimum atomic E-state index is 0.213. The molecular weight excluding hydrogens is 222 g/mol. The summed E-state index contributed by atoms with van der Waals surface area (Å²) in [6.45, 7) is 7.20. The lowest BCUT2D eigenvalue weighted by Gasteiger charge is -2.19. The van der Waals surface area contributed by atoms with E-state index in [0.29, 0.717) is 5.92 Å². The van der Waals surface area contributed by atoms with Gasteiger partial charge in [-0.1, -0.05) is 31.5 Å². The van der Waals surface area contributed by atoms with Crippen LogP contribution in [-0.2, 0) is 0 Å². The highest BCUT2D eigenvalue weighted by Crippen LogP contribution is 2.20. The van der Waals surface area contributed by atoms with Crippen molar-refractivity contribution in [2.45, 2.75) is 20.8 Å². The molecule has 2 N–H and O–H groups in total. The standard InChI is InChI=1S/C13H20ClNO/c1-9(2)11(8-16)7-15-12-5-4-10(3)13(14)6-12/h4-6,9,11,15-16H,7-8H2,1-3H3. The molecule has 1 rings (SSSR count). The van der Waals surface area contributed by atoms with Crippen molar-refractivity contribution in [2.24, 2.45) is 11.8 Å². The lowest BCUT2D eigenvalue weighted by Crippen LogP contribution is -2.22. The Morgan fingerprint density at radius 2 is 2.06 bits per heavy atom. The van der Waals surface area contributed by atoms with Gasteiger partial charge in [0.25, 0.3) is 0 Å². The summed E-state index contributed by atoms with van der Waals surface area (Å²) in [5.41, 5.74) is 2.09. The Bertz CT molecular complexity index is 339. The molecule has 0 amide bonds. The predicted octanol–water partition coefficient (Wildman–Crippen LogP) is 3.32. The molecule has 0 aliphatic carbocycles. The molecule has 16 heavy (non-hydrogen) atoms. The Balaban J connectivity index is 2.57. The summed E-state index contributed by atoms with van der Waals surface area (Å²) >= 11 is 6.04. The number of benzene rings is 1. The van der Waals surface area contributed by atoms with Gasteiger partial charge in [-0.2, -0.15) is 0 Å². The van der Waals surface area contributed by atoms with Crippen LogP contribution < -0.4 is 5.32 Å². The van der Waals surface area contributed by atoms with E-state index in [1.54, 1.807) is 0 Å². The number of hydrogen-bond acceptors (Lipinski definition) is 2. The van der Waals surface area contributed by atoms with Gasteiger partial charge in [0.15, 0.2) is 0 Å². The maximum atomic E-state index is 9.21. The third-order valence-corrected chi connectivity index (χ3v) is 3.32. The Morgan fingerprint density at radius 3 is 2.56 bits per heavy atom. The average molecular weight is 242 g/mol. The predicted molar refractivity (Wildman–Crippen MR) is 70.1 cm³/mol. The van der Waals surface area contributed by atoms with Crippen LogP contribution in [0, 0.1) is 18.8 Å². The second kappa shape index (κ2) is 6.12. The zero-order valence-corrected chi connectivity index (χ0v) is 10.9. The van der Waals surface area contributed by atoms with E-state index >= 15 is 0 Å². The van der Waals surface area contributed by atoms with Gasteiger partial charge in [-0.3, -0.25) is 0 Å². The molecule has 2 nitrogen and oxygen atoms in total. The Hall–Kier alpha value is -0.730. The number of aryl methyl sites for hydroxylation is 1. The monoisotopic (exact) mass is 241 g/mol. The summed E-state index contributed by atoms with van der Waals surface area (Å²) < 4.78 is 0. The van der Waals surface area contributed by atoms with Crippen LogP contribution in [0.15, 0.2) is 18.2 Å². The molecule has 0 fully saturated rings. The van der Waals surface area contributed by atoms with E-state index < -0.39 is 0 Å². The van der Waals surface area contributed by atoms with Crippen LogP contribution in [0.5, 0.6) is 0 Å². The number of anilines is 1. The number of rotatable bonds is 5. The molecule has 1 aromatic rings. The third kappa shape index (κ3) is 3.69. The quantitative estimate of drug-likeness (QED) is 0.829. The minimum absolute atomic E-state index is 0.213. The summed E-state index contributed by atoms with van der Waals surface area (Å²) in [5, 5.41) is 13.3. The maximum Gasteiger partial charge on any atom is 0.0478 e. The molecule has 0 saturated carbocycles. The van der Waals surface area contributed by atoms with Crippen LogP contribution in [0.2, 0.25) is 5.02 Å². The smallest absolute Gasteiger partial charge is 0.0478 e. The van der Waals surface area contributed by atoms with E-state index in [2.05, 4.69) is 19.2 Å². The molecule has 0 radical (unpaired) electrons. The molecule has 1 unspecified atom stereocenters. The first-order valence-electron chi connectivity index (χ1n) is 5.65. The molecule has 0 saturated heterocycles. The summed E-state index contributed by atoms with van der Waals surface area (Å²) in [7, 11) is 0. The van der Waals surface area contributed by atoms with Crippen molar-refractivity contribution in [3.8, 4) is 0 Å². The van der Waals surface area contributed by atoms with Gasteiger partial charge in [-0.05, 0) is 30.5 Å². The van der Waals surface area contributed by atoms with Gasteiger partial charge in [0.05, 0.1) is 0 Å². The van der Waals surface area contributed by atoms with Crippen molar-refractivity contribution < 1.29 is 5.11 Å². The SMILES string of the molecule is Cc1ccc(NCC(CO)C(C)C)cc1Cl. The van der Waals surface area contributed by atoms with Crippen molar-refractivity contribution in [1.29, 1.82) is 0 Å². The summed E-state index contributed by atoms with van der Waals surface area (Å²) in [6.07, 6.45) is 0. The Morgan fingerprint density at radius 1 is 1.38 bits per heavy atom. The van der Waals surface area contributed by atoms with E-state index in [1.165, 1.54) is 0 Å². The van der Waals surface area contributed by atoms with Crippen LogP contribution >= 0.6 is 11.6 Å². The fourth-order valence-electron chi connectivity index (χ4n) is 1.46. The zero-order valence-electron chi connectivity index (χ0n) is 10.1. The van der Waals surface area contributed by atoms with Crippen molar-refractivity contribution >= 4 is 17.3 Å². The molecule has 1 atom stereocenters. The van der Waals surface area contributed by atoms with Gasteiger partial charge >= 0.3 is 0 Å². The van der Waals surface area contributed by atoms with E-state index in [1.807, 2.05) is 25.1 Å². The highest BCUT2D eigenvalue weighted by Gasteiger charge is 2.11. The minimum Gasteiger partial charge on any atom is -0.396 e. The molecule has 0 spiro atoms. The fraction of sp³-hybridized carbons (Fsp3) is 0.538. The van der Waals surface area contributed by atoms with Gasteiger partial charge in [0.1, 0.15) is 0 Å². The molecule has 90 valence electrons. The molecule has 0 bridgehead atoms. The van der Waals surface area contributed by atoms with Crippen LogP contribution in [0.4, 0.5) is 5.69 Å². The lowest BCUT2D eigenvalue weighted by molar-refractivity contribution is 0.198. The highest BCUT2D eigenvalue weighted by atomic mass is 35.5. The molecular formula is C13H20ClNO. The van der Waals surface area contributed by atoms with E-state index in [-0.39, 0.29) is 12.5 Å². The topological polar surface area (TPSA) is 32.3 Å². The van der Waals surface area contributed by atoms with Gasteiger partial charge < -0.3 is 10.4 Å². The van der Waals surface area contributed by atoms with Gasteiger partial charge in [-0.15, -0.1) is 0 Å². The van der Waals surface area contributed by atoms with Crippen LogP contribution in [-0.4, -0.2) is 18.3 Å². The first kappa shape index (κ1) is 13.3. The van der Waals surface area contributed by atoms with Crippen molar-refractivity contribution in [3.05, 3.63) is 28.8 Å². The number of hydrogen-bond donors (Lipinski definition) is 2. The van der Waals surface area contributed by atoms with Gasteiger partial charge in [0.2, 0.25) is 0 Å². The van der Waals surface area contributed by atoms with Crippen molar-refractivity contribution in [1.82, 2.24) is 0 Å². The van der Waals surface area contributed by atoms with E-state index in [9.17, 15) is 5.11 Å². The second-order valence-corrected chi connectivity index (χ2v) is 4.94. The molecule has 0 heterocycles. The van der Waals surface area contributed by atoms with Crippen LogP contribution in [0.25, 0.3) is 0 Å². The molecule has 0 aliphatic heterocycles. The van der Waals surface area contributed by atoms with Gasteiger partial charge in [0, 0.05) is 29.8 Å². The summed E-state index contributed by atoms with van der Waals surface area (Å²) in [4.78, 5) is 0. The first-order chi connectivity index (χ1) is 7.54. The second-order valence-electron chi connectivity index (χ2n) is 4.53. The van der Waals surface area contributed by atoms with E-state index in [4.69, 9.17) is 11.6 Å². The maximum absolute atomic E-state index is 9.21. The summed E-state index contributed by atoms with van der Waals surface area (Å²) in [6, 6.07) is 5.93. The molecule has 0 aromatic heterocycles. The Labute approximate surface area is 103 Å². The van der Waals surface area contributed by atoms with Crippen LogP contribution in [0.3, 0.4) is 0 Å². The molecule has 1 aromatic carbocycles. The van der Waals surface area contributed by atoms with Crippen LogP contribution in [0.1, 0.15) is 19.4 Å². The molecule has 0 aliphatic rings. The third-order valence-electron chi connectivity index (χ3n) is 2.92. The first-order valence-corrected chi connectivity index (χ1v) is 6.03. The van der Waals surface area contributed by atoms with Crippen molar-refractivity contribution in [3.63, 3.8) is 0 Å². The Kier molecular flexibility index (Phi) is 5.10. The molecule has 3 heteroatoms. The largest absolute Gasteiger partial charge is 0.396 e. The summed E-state index contributed by atoms with van der Waals surface area (Å²) in [5.74, 6) is 0.749.